The van der Waals surface area contributed by atoms with Crippen LogP contribution in [0.4, 0.5) is 0 Å². The molecule has 0 radical (unpaired) electrons. The largest absolute Gasteiger partial charge is 0.493 e. The van der Waals surface area contributed by atoms with E-state index >= 15 is 0 Å². The summed E-state index contributed by atoms with van der Waals surface area (Å²) in [6, 6.07) is 18.8. The maximum atomic E-state index is 10.8. The molecule has 5 nitrogen and oxygen atoms in total. The molecule has 6 heteroatoms. The van der Waals surface area contributed by atoms with Gasteiger partial charge in [0.05, 0.1) is 12.7 Å². The number of carboxylic acid groups (broad SMARTS) is 1. The van der Waals surface area contributed by atoms with Crippen molar-refractivity contribution in [3.8, 4) is 23.0 Å². The second-order valence-corrected chi connectivity index (χ2v) is 8.46. The second kappa shape index (κ2) is 11.6. The Labute approximate surface area is 199 Å². The molecule has 0 aliphatic heterocycles. The number of hydrogen-bond donors (Lipinski definition) is 1. The van der Waals surface area contributed by atoms with Crippen molar-refractivity contribution >= 4 is 17.6 Å². The van der Waals surface area contributed by atoms with Crippen LogP contribution in [0.3, 0.4) is 0 Å². The van der Waals surface area contributed by atoms with E-state index in [-0.39, 0.29) is 12.5 Å². The van der Waals surface area contributed by atoms with Gasteiger partial charge in [-0.15, -0.1) is 0 Å². The summed E-state index contributed by atoms with van der Waals surface area (Å²) in [6.45, 7) is 6.43. The molecule has 0 spiro atoms. The lowest BCUT2D eigenvalue weighted by Crippen LogP contribution is -2.16. The van der Waals surface area contributed by atoms with Crippen molar-refractivity contribution in [2.75, 3.05) is 6.61 Å². The average Bonchev–Trinajstić information content (AvgIpc) is 2.77. The van der Waals surface area contributed by atoms with Gasteiger partial charge in [0.25, 0.3) is 0 Å². The van der Waals surface area contributed by atoms with Crippen molar-refractivity contribution in [3.63, 3.8) is 0 Å². The van der Waals surface area contributed by atoms with Crippen LogP contribution in [0.2, 0.25) is 5.02 Å². The third-order valence-electron chi connectivity index (χ3n) is 5.12. The van der Waals surface area contributed by atoms with E-state index in [1.165, 1.54) is 0 Å². The monoisotopic (exact) mass is 468 g/mol. The first-order valence-electron chi connectivity index (χ1n) is 11.0. The van der Waals surface area contributed by atoms with Crippen molar-refractivity contribution in [2.24, 2.45) is 0 Å². The van der Waals surface area contributed by atoms with Crippen LogP contribution in [0, 0.1) is 13.8 Å². The third kappa shape index (κ3) is 7.43. The average molecular weight is 469 g/mol. The molecule has 0 saturated carbocycles. The van der Waals surface area contributed by atoms with E-state index in [0.717, 1.165) is 22.4 Å². The summed E-state index contributed by atoms with van der Waals surface area (Å²) in [7, 11) is 0. The minimum atomic E-state index is -0.794. The van der Waals surface area contributed by atoms with Crippen LogP contribution in [-0.2, 0) is 11.2 Å². The number of para-hydroxylation sites is 1. The number of hydrogen-bond acceptors (Lipinski definition) is 4. The first kappa shape index (κ1) is 24.5. The highest BCUT2D eigenvalue weighted by molar-refractivity contribution is 6.30. The molecule has 0 aromatic heterocycles. The fourth-order valence-electron chi connectivity index (χ4n) is 3.54. The molecule has 33 heavy (non-hydrogen) atoms. The number of rotatable bonds is 11. The highest BCUT2D eigenvalue weighted by Crippen LogP contribution is 2.35. The summed E-state index contributed by atoms with van der Waals surface area (Å²) in [6.07, 6.45) is 1.19. The van der Waals surface area contributed by atoms with Crippen LogP contribution in [0.5, 0.6) is 23.0 Å². The van der Waals surface area contributed by atoms with Crippen LogP contribution < -0.4 is 14.2 Å². The predicted octanol–water partition coefficient (Wildman–Crippen LogP) is 7.00. The Morgan fingerprint density at radius 2 is 1.70 bits per heavy atom. The Balaban J connectivity index is 1.58. The summed E-state index contributed by atoms with van der Waals surface area (Å²) in [5.74, 6) is 1.92. The lowest BCUT2D eigenvalue weighted by atomic mass is 10.0. The lowest BCUT2D eigenvalue weighted by Gasteiger charge is -2.19. The van der Waals surface area contributed by atoms with E-state index in [0.29, 0.717) is 41.7 Å². The van der Waals surface area contributed by atoms with E-state index in [1.807, 2.05) is 69.3 Å². The van der Waals surface area contributed by atoms with Gasteiger partial charge in [-0.05, 0) is 68.1 Å². The number of carboxylic acids is 1. The highest BCUT2D eigenvalue weighted by atomic mass is 35.5. The number of halogens is 1. The molecule has 0 aliphatic rings. The van der Waals surface area contributed by atoms with Gasteiger partial charge in [0.2, 0.25) is 0 Å². The zero-order valence-corrected chi connectivity index (χ0v) is 19.9. The molecule has 0 unspecified atom stereocenters. The molecular weight excluding hydrogens is 440 g/mol. The van der Waals surface area contributed by atoms with Crippen LogP contribution in [0.1, 0.15) is 36.5 Å². The van der Waals surface area contributed by atoms with Gasteiger partial charge in [0, 0.05) is 23.9 Å². The first-order valence-corrected chi connectivity index (χ1v) is 11.3. The first-order chi connectivity index (χ1) is 15.8. The van der Waals surface area contributed by atoms with Gasteiger partial charge < -0.3 is 19.3 Å². The van der Waals surface area contributed by atoms with Crippen molar-refractivity contribution in [1.29, 1.82) is 0 Å². The molecular formula is C27H29ClO5. The van der Waals surface area contributed by atoms with Gasteiger partial charge in [-0.3, -0.25) is 4.79 Å². The summed E-state index contributed by atoms with van der Waals surface area (Å²) in [5, 5.41) is 9.47. The molecule has 1 N–H and O–H groups in total. The van der Waals surface area contributed by atoms with Crippen LogP contribution in [0.15, 0.2) is 60.7 Å². The Kier molecular flexibility index (Phi) is 8.61. The molecule has 0 heterocycles. The Bertz CT molecular complexity index is 1060. The Hall–Kier alpha value is -3.18. The second-order valence-electron chi connectivity index (χ2n) is 8.02. The fraction of sp³-hybridized carbons (Fsp3) is 0.296. The van der Waals surface area contributed by atoms with E-state index < -0.39 is 5.97 Å². The fourth-order valence-corrected chi connectivity index (χ4v) is 3.70. The van der Waals surface area contributed by atoms with E-state index in [2.05, 4.69) is 0 Å². The van der Waals surface area contributed by atoms with Crippen LogP contribution in [-0.4, -0.2) is 23.8 Å². The van der Waals surface area contributed by atoms with Crippen molar-refractivity contribution in [3.05, 3.63) is 82.4 Å². The molecule has 0 aliphatic carbocycles. The third-order valence-corrected chi connectivity index (χ3v) is 5.36. The number of benzene rings is 3. The quantitative estimate of drug-likeness (QED) is 0.328. The van der Waals surface area contributed by atoms with Gasteiger partial charge in [-0.2, -0.15) is 0 Å². The smallest absolute Gasteiger partial charge is 0.303 e. The van der Waals surface area contributed by atoms with E-state index in [1.54, 1.807) is 12.1 Å². The zero-order chi connectivity index (χ0) is 23.8. The van der Waals surface area contributed by atoms with Crippen molar-refractivity contribution in [2.45, 2.75) is 46.1 Å². The van der Waals surface area contributed by atoms with Gasteiger partial charge in [0.1, 0.15) is 11.5 Å². The maximum Gasteiger partial charge on any atom is 0.303 e. The van der Waals surface area contributed by atoms with Crippen LogP contribution in [0.25, 0.3) is 0 Å². The summed E-state index contributed by atoms with van der Waals surface area (Å²) in [4.78, 5) is 10.8. The SMILES string of the molecule is Cc1cc(CCC(=O)O)cc(C)c1OCC[C@@H](C)Oc1ccc(Cl)cc1Oc1ccccc1. The van der Waals surface area contributed by atoms with Crippen LogP contribution >= 0.6 is 11.6 Å². The predicted molar refractivity (Wildman–Crippen MR) is 130 cm³/mol. The molecule has 0 fully saturated rings. The normalized spacial score (nSPS) is 11.6. The van der Waals surface area contributed by atoms with Gasteiger partial charge >= 0.3 is 5.97 Å². The number of aliphatic carboxylic acids is 1. The summed E-state index contributed by atoms with van der Waals surface area (Å²) in [5.41, 5.74) is 3.01. The molecule has 3 rings (SSSR count). The minimum Gasteiger partial charge on any atom is -0.493 e. The highest BCUT2D eigenvalue weighted by Gasteiger charge is 2.13. The molecule has 3 aromatic rings. The zero-order valence-electron chi connectivity index (χ0n) is 19.1. The molecule has 0 bridgehead atoms. The minimum absolute atomic E-state index is 0.111. The number of aryl methyl sites for hydroxylation is 3. The molecule has 3 aromatic carbocycles. The Morgan fingerprint density at radius 1 is 1.00 bits per heavy atom. The Morgan fingerprint density at radius 3 is 2.36 bits per heavy atom. The van der Waals surface area contributed by atoms with E-state index in [9.17, 15) is 4.79 Å². The van der Waals surface area contributed by atoms with Crippen molar-refractivity contribution < 1.29 is 24.1 Å². The van der Waals surface area contributed by atoms with Gasteiger partial charge in [0.15, 0.2) is 11.5 Å². The molecule has 0 amide bonds. The summed E-state index contributed by atoms with van der Waals surface area (Å²) < 4.78 is 18.1. The number of ether oxygens (including phenoxy) is 3. The topological polar surface area (TPSA) is 65.0 Å². The molecule has 1 atom stereocenters. The van der Waals surface area contributed by atoms with Gasteiger partial charge in [-0.25, -0.2) is 0 Å². The summed E-state index contributed by atoms with van der Waals surface area (Å²) >= 11 is 6.16. The standard InChI is InChI=1S/C27H29ClO5/c1-18-15-21(9-12-26(29)30)16-19(2)27(18)31-14-13-20(3)32-24-11-10-22(28)17-25(24)33-23-7-5-4-6-8-23/h4-8,10-11,15-17,20H,9,12-14H2,1-3H3,(H,29,30)/t20-/m1/s1. The maximum absolute atomic E-state index is 10.8. The molecule has 0 saturated heterocycles. The lowest BCUT2D eigenvalue weighted by molar-refractivity contribution is -0.136. The van der Waals surface area contributed by atoms with Gasteiger partial charge in [-0.1, -0.05) is 41.9 Å². The van der Waals surface area contributed by atoms with E-state index in [4.69, 9.17) is 30.9 Å². The van der Waals surface area contributed by atoms with Crippen molar-refractivity contribution in [1.82, 2.24) is 0 Å². The molecule has 174 valence electrons. The number of carbonyl (C=O) groups is 1.